The van der Waals surface area contributed by atoms with Gasteiger partial charge in [-0.05, 0) is 43.7 Å². The molecule has 1 aliphatic carbocycles. The van der Waals surface area contributed by atoms with E-state index in [-0.39, 0.29) is 6.10 Å². The lowest BCUT2D eigenvalue weighted by molar-refractivity contribution is 0.0648. The average molecular weight is 290 g/mol. The molecule has 3 nitrogen and oxygen atoms in total. The van der Waals surface area contributed by atoms with Crippen LogP contribution in [-0.4, -0.2) is 22.7 Å². The summed E-state index contributed by atoms with van der Waals surface area (Å²) < 4.78 is 1.23. The number of rotatable bonds is 5. The highest BCUT2D eigenvalue weighted by molar-refractivity contribution is 7.22. The Kier molecular flexibility index (Phi) is 4.53. The van der Waals surface area contributed by atoms with Crippen LogP contribution in [0.15, 0.2) is 24.3 Å². The van der Waals surface area contributed by atoms with E-state index in [1.165, 1.54) is 24.0 Å². The van der Waals surface area contributed by atoms with E-state index in [2.05, 4.69) is 28.5 Å². The SMILES string of the molecule is OC1CCCCC1CCCNc1nc2ccccc2s1. The minimum Gasteiger partial charge on any atom is -0.393 e. The van der Waals surface area contributed by atoms with Crippen molar-refractivity contribution in [3.05, 3.63) is 24.3 Å². The molecule has 0 radical (unpaired) electrons. The largest absolute Gasteiger partial charge is 0.393 e. The number of para-hydroxylation sites is 1. The maximum atomic E-state index is 9.95. The van der Waals surface area contributed by atoms with Crippen LogP contribution in [0.3, 0.4) is 0 Å². The van der Waals surface area contributed by atoms with Crippen LogP contribution in [0.1, 0.15) is 38.5 Å². The van der Waals surface area contributed by atoms with Crippen molar-refractivity contribution in [3.63, 3.8) is 0 Å². The molecule has 3 rings (SSSR count). The maximum Gasteiger partial charge on any atom is 0.183 e. The van der Waals surface area contributed by atoms with Crippen LogP contribution in [0, 0.1) is 5.92 Å². The molecule has 0 bridgehead atoms. The number of aliphatic hydroxyl groups is 1. The van der Waals surface area contributed by atoms with Gasteiger partial charge in [-0.3, -0.25) is 0 Å². The van der Waals surface area contributed by atoms with E-state index in [9.17, 15) is 5.11 Å². The van der Waals surface area contributed by atoms with Gasteiger partial charge in [0.25, 0.3) is 0 Å². The molecule has 1 fully saturated rings. The standard InChI is InChI=1S/C16H22N2OS/c19-14-9-3-1-6-12(14)7-5-11-17-16-18-13-8-2-4-10-15(13)20-16/h2,4,8,10,12,14,19H,1,3,5-7,9,11H2,(H,17,18). The first-order valence-corrected chi connectivity index (χ1v) is 8.42. The summed E-state index contributed by atoms with van der Waals surface area (Å²) in [4.78, 5) is 4.57. The monoisotopic (exact) mass is 290 g/mol. The van der Waals surface area contributed by atoms with E-state index in [1.54, 1.807) is 11.3 Å². The summed E-state index contributed by atoms with van der Waals surface area (Å²) in [5.41, 5.74) is 1.07. The summed E-state index contributed by atoms with van der Waals surface area (Å²) in [7, 11) is 0. The van der Waals surface area contributed by atoms with Crippen molar-refractivity contribution in [1.29, 1.82) is 0 Å². The number of benzene rings is 1. The second kappa shape index (κ2) is 6.55. The average Bonchev–Trinajstić information content (AvgIpc) is 2.88. The second-order valence-electron chi connectivity index (χ2n) is 5.67. The maximum absolute atomic E-state index is 9.95. The molecule has 1 saturated carbocycles. The Bertz CT molecular complexity index is 521. The van der Waals surface area contributed by atoms with E-state index >= 15 is 0 Å². The smallest absolute Gasteiger partial charge is 0.183 e. The van der Waals surface area contributed by atoms with Gasteiger partial charge >= 0.3 is 0 Å². The number of nitrogens with one attached hydrogen (secondary N) is 1. The molecule has 0 saturated heterocycles. The van der Waals surface area contributed by atoms with Gasteiger partial charge in [0.2, 0.25) is 0 Å². The Morgan fingerprint density at radius 2 is 2.10 bits per heavy atom. The Morgan fingerprint density at radius 3 is 2.95 bits per heavy atom. The molecule has 0 amide bonds. The minimum absolute atomic E-state index is 0.0637. The van der Waals surface area contributed by atoms with Crippen LogP contribution in [0.4, 0.5) is 5.13 Å². The number of aromatic nitrogens is 1. The first-order chi connectivity index (χ1) is 9.83. The van der Waals surface area contributed by atoms with Gasteiger partial charge in [-0.1, -0.05) is 36.3 Å². The molecule has 1 heterocycles. The number of anilines is 1. The van der Waals surface area contributed by atoms with Crippen LogP contribution in [-0.2, 0) is 0 Å². The van der Waals surface area contributed by atoms with Gasteiger partial charge in [0.15, 0.2) is 5.13 Å². The fourth-order valence-electron chi connectivity index (χ4n) is 3.03. The third-order valence-electron chi connectivity index (χ3n) is 4.19. The number of hydrogen-bond acceptors (Lipinski definition) is 4. The molecule has 0 aliphatic heterocycles. The molecule has 1 aromatic heterocycles. The lowest BCUT2D eigenvalue weighted by atomic mass is 9.83. The van der Waals surface area contributed by atoms with Gasteiger partial charge in [-0.15, -0.1) is 0 Å². The van der Waals surface area contributed by atoms with E-state index < -0.39 is 0 Å². The quantitative estimate of drug-likeness (QED) is 0.817. The predicted octanol–water partition coefficient (Wildman–Crippen LogP) is 4.04. The summed E-state index contributed by atoms with van der Waals surface area (Å²) in [5.74, 6) is 0.515. The molecule has 2 atom stereocenters. The van der Waals surface area contributed by atoms with Crippen molar-refractivity contribution in [2.24, 2.45) is 5.92 Å². The molecule has 0 spiro atoms. The third-order valence-corrected chi connectivity index (χ3v) is 5.18. The summed E-state index contributed by atoms with van der Waals surface area (Å²) >= 11 is 1.71. The van der Waals surface area contributed by atoms with Gasteiger partial charge in [0, 0.05) is 6.54 Å². The Hall–Kier alpha value is -1.13. The number of fused-ring (bicyclic) bond motifs is 1. The van der Waals surface area contributed by atoms with E-state index in [0.29, 0.717) is 5.92 Å². The Morgan fingerprint density at radius 1 is 1.25 bits per heavy atom. The molecular weight excluding hydrogens is 268 g/mol. The Labute approximate surface area is 124 Å². The van der Waals surface area contributed by atoms with Crippen molar-refractivity contribution >= 4 is 26.7 Å². The first kappa shape index (κ1) is 13.8. The summed E-state index contributed by atoms with van der Waals surface area (Å²) in [6.45, 7) is 0.947. The lowest BCUT2D eigenvalue weighted by Crippen LogP contribution is -2.24. The van der Waals surface area contributed by atoms with Gasteiger partial charge in [-0.25, -0.2) is 4.98 Å². The van der Waals surface area contributed by atoms with E-state index in [0.717, 1.165) is 36.5 Å². The lowest BCUT2D eigenvalue weighted by Gasteiger charge is -2.27. The van der Waals surface area contributed by atoms with Crippen LogP contribution < -0.4 is 5.32 Å². The van der Waals surface area contributed by atoms with Crippen LogP contribution in [0.2, 0.25) is 0 Å². The van der Waals surface area contributed by atoms with Crippen molar-refractivity contribution in [3.8, 4) is 0 Å². The van der Waals surface area contributed by atoms with Crippen LogP contribution in [0.25, 0.3) is 10.2 Å². The number of hydrogen-bond donors (Lipinski definition) is 2. The zero-order valence-electron chi connectivity index (χ0n) is 11.7. The topological polar surface area (TPSA) is 45.1 Å². The highest BCUT2D eigenvalue weighted by atomic mass is 32.1. The predicted molar refractivity (Wildman–Crippen MR) is 85.3 cm³/mol. The number of aliphatic hydroxyl groups excluding tert-OH is 1. The van der Waals surface area contributed by atoms with Crippen LogP contribution >= 0.6 is 11.3 Å². The molecule has 108 valence electrons. The fraction of sp³-hybridized carbons (Fsp3) is 0.562. The van der Waals surface area contributed by atoms with E-state index in [4.69, 9.17) is 0 Å². The fourth-order valence-corrected chi connectivity index (χ4v) is 3.92. The summed E-state index contributed by atoms with van der Waals surface area (Å²) in [6.07, 6.45) is 6.84. The van der Waals surface area contributed by atoms with Crippen molar-refractivity contribution in [2.45, 2.75) is 44.6 Å². The zero-order chi connectivity index (χ0) is 13.8. The molecule has 20 heavy (non-hydrogen) atoms. The normalized spacial score (nSPS) is 23.1. The molecular formula is C16H22N2OS. The molecule has 1 aromatic carbocycles. The van der Waals surface area contributed by atoms with Gasteiger partial charge in [0.1, 0.15) is 0 Å². The molecule has 2 unspecified atom stereocenters. The van der Waals surface area contributed by atoms with Crippen molar-refractivity contribution in [1.82, 2.24) is 4.98 Å². The number of nitrogens with zero attached hydrogens (tertiary/aromatic N) is 1. The second-order valence-corrected chi connectivity index (χ2v) is 6.70. The van der Waals surface area contributed by atoms with Crippen molar-refractivity contribution < 1.29 is 5.11 Å². The molecule has 1 aliphatic rings. The summed E-state index contributed by atoms with van der Waals surface area (Å²) in [6, 6.07) is 8.23. The molecule has 4 heteroatoms. The van der Waals surface area contributed by atoms with Crippen LogP contribution in [0.5, 0.6) is 0 Å². The zero-order valence-corrected chi connectivity index (χ0v) is 12.5. The molecule has 2 aromatic rings. The Balaban J connectivity index is 1.45. The molecule has 2 N–H and O–H groups in total. The first-order valence-electron chi connectivity index (χ1n) is 7.60. The van der Waals surface area contributed by atoms with Gasteiger partial charge in [-0.2, -0.15) is 0 Å². The highest BCUT2D eigenvalue weighted by Crippen LogP contribution is 2.28. The van der Waals surface area contributed by atoms with E-state index in [1.807, 2.05) is 6.07 Å². The summed E-state index contributed by atoms with van der Waals surface area (Å²) in [5, 5.41) is 14.4. The third kappa shape index (κ3) is 3.30. The van der Waals surface area contributed by atoms with Gasteiger partial charge < -0.3 is 10.4 Å². The minimum atomic E-state index is -0.0637. The van der Waals surface area contributed by atoms with Gasteiger partial charge in [0.05, 0.1) is 16.3 Å². The highest BCUT2D eigenvalue weighted by Gasteiger charge is 2.22. The number of thiazole rings is 1. The van der Waals surface area contributed by atoms with Crippen molar-refractivity contribution in [2.75, 3.05) is 11.9 Å².